The Bertz CT molecular complexity index is 616. The Labute approximate surface area is 149 Å². The van der Waals surface area contributed by atoms with E-state index in [0.29, 0.717) is 6.42 Å². The molecule has 0 saturated heterocycles. The van der Waals surface area contributed by atoms with Crippen LogP contribution < -0.4 is 16.0 Å². The summed E-state index contributed by atoms with van der Waals surface area (Å²) < 4.78 is 5.36. The van der Waals surface area contributed by atoms with Crippen molar-refractivity contribution >= 4 is 23.4 Å². The summed E-state index contributed by atoms with van der Waals surface area (Å²) in [6.45, 7) is 9.43. The molecule has 0 radical (unpaired) electrons. The maximum Gasteiger partial charge on any atom is 0.408 e. The molecule has 0 spiro atoms. The van der Waals surface area contributed by atoms with E-state index in [4.69, 9.17) is 4.74 Å². The first-order valence-electron chi connectivity index (χ1n) is 8.81. The van der Waals surface area contributed by atoms with Gasteiger partial charge in [0.25, 0.3) is 0 Å². The summed E-state index contributed by atoms with van der Waals surface area (Å²) in [7, 11) is 0. The first-order chi connectivity index (χ1) is 11.6. The van der Waals surface area contributed by atoms with Crippen molar-refractivity contribution in [2.45, 2.75) is 71.1 Å². The number of hydrogen-bond acceptors (Lipinski definition) is 4. The van der Waals surface area contributed by atoms with Crippen LogP contribution in [0.15, 0.2) is 24.3 Å². The van der Waals surface area contributed by atoms with E-state index in [1.54, 1.807) is 0 Å². The fourth-order valence-corrected chi connectivity index (χ4v) is 2.60. The molecule has 138 valence electrons. The predicted molar refractivity (Wildman–Crippen MR) is 99.8 cm³/mol. The zero-order valence-electron chi connectivity index (χ0n) is 15.7. The van der Waals surface area contributed by atoms with Crippen molar-refractivity contribution in [3.63, 3.8) is 0 Å². The van der Waals surface area contributed by atoms with E-state index in [9.17, 15) is 9.59 Å². The van der Waals surface area contributed by atoms with Gasteiger partial charge in [0.1, 0.15) is 5.60 Å². The summed E-state index contributed by atoms with van der Waals surface area (Å²) in [5, 5.41) is 9.26. The minimum absolute atomic E-state index is 0.00688. The number of carbonyl (C=O) groups is 2. The van der Waals surface area contributed by atoms with E-state index < -0.39 is 5.60 Å². The largest absolute Gasteiger partial charge is 0.444 e. The monoisotopic (exact) mass is 347 g/mol. The highest BCUT2D eigenvalue weighted by Crippen LogP contribution is 2.40. The molecule has 1 aromatic rings. The van der Waals surface area contributed by atoms with Crippen LogP contribution in [0.25, 0.3) is 0 Å². The van der Waals surface area contributed by atoms with Crippen molar-refractivity contribution in [3.05, 3.63) is 24.3 Å². The van der Waals surface area contributed by atoms with Crippen LogP contribution in [0.4, 0.5) is 16.2 Å². The number of amides is 2. The Morgan fingerprint density at radius 1 is 1.16 bits per heavy atom. The Morgan fingerprint density at radius 2 is 1.72 bits per heavy atom. The standard InChI is InChI=1S/C19H29N3O3/c1-6-16(23)21-15-9-7-14(8-10-15)20-13(2)19(11-12-19)22-17(24)25-18(3,4)5/h7-10,13,20H,6,11-12H2,1-5H3,(H,21,23)(H,22,24). The number of ether oxygens (including phenoxy) is 1. The molecule has 1 fully saturated rings. The van der Waals surface area contributed by atoms with E-state index in [-0.39, 0.29) is 23.6 Å². The smallest absolute Gasteiger partial charge is 0.408 e. The first kappa shape index (κ1) is 19.1. The first-order valence-corrected chi connectivity index (χ1v) is 8.81. The quantitative estimate of drug-likeness (QED) is 0.729. The van der Waals surface area contributed by atoms with E-state index >= 15 is 0 Å². The lowest BCUT2D eigenvalue weighted by atomic mass is 10.1. The van der Waals surface area contributed by atoms with Crippen molar-refractivity contribution in [3.8, 4) is 0 Å². The number of benzene rings is 1. The Morgan fingerprint density at radius 3 is 2.20 bits per heavy atom. The van der Waals surface area contributed by atoms with E-state index in [2.05, 4.69) is 22.9 Å². The third-order valence-electron chi connectivity index (χ3n) is 4.24. The van der Waals surface area contributed by atoms with Crippen LogP contribution in [0.5, 0.6) is 0 Å². The Balaban J connectivity index is 1.91. The maximum absolute atomic E-state index is 12.0. The highest BCUT2D eigenvalue weighted by atomic mass is 16.6. The zero-order chi connectivity index (χ0) is 18.7. The van der Waals surface area contributed by atoms with E-state index in [1.165, 1.54) is 0 Å². The molecule has 2 amide bonds. The summed E-state index contributed by atoms with van der Waals surface area (Å²) in [4.78, 5) is 23.5. The third-order valence-corrected chi connectivity index (χ3v) is 4.24. The maximum atomic E-state index is 12.0. The lowest BCUT2D eigenvalue weighted by Crippen LogP contribution is -2.49. The molecule has 1 unspecified atom stereocenters. The van der Waals surface area contributed by atoms with Gasteiger partial charge in [-0.25, -0.2) is 4.79 Å². The van der Waals surface area contributed by atoms with Crippen LogP contribution in [-0.2, 0) is 9.53 Å². The number of nitrogens with one attached hydrogen (secondary N) is 3. The van der Waals surface area contributed by atoms with Gasteiger partial charge < -0.3 is 20.7 Å². The van der Waals surface area contributed by atoms with Gasteiger partial charge >= 0.3 is 6.09 Å². The molecule has 1 aliphatic carbocycles. The fraction of sp³-hybridized carbons (Fsp3) is 0.579. The highest BCUT2D eigenvalue weighted by Gasteiger charge is 2.49. The topological polar surface area (TPSA) is 79.5 Å². The highest BCUT2D eigenvalue weighted by molar-refractivity contribution is 5.90. The summed E-state index contributed by atoms with van der Waals surface area (Å²) in [6.07, 6.45) is 1.92. The molecule has 6 nitrogen and oxygen atoms in total. The normalized spacial score (nSPS) is 16.5. The van der Waals surface area contributed by atoms with Gasteiger partial charge in [0, 0.05) is 23.8 Å². The van der Waals surface area contributed by atoms with Gasteiger partial charge in [-0.05, 0) is 64.8 Å². The molecular formula is C19H29N3O3. The molecule has 0 heterocycles. The second-order valence-corrected chi connectivity index (χ2v) is 7.63. The fourth-order valence-electron chi connectivity index (χ4n) is 2.60. The summed E-state index contributed by atoms with van der Waals surface area (Å²) in [5.41, 5.74) is 0.949. The molecule has 1 saturated carbocycles. The molecule has 3 N–H and O–H groups in total. The predicted octanol–water partition coefficient (Wildman–Crippen LogP) is 3.89. The SMILES string of the molecule is CCC(=O)Nc1ccc(NC(C)C2(NC(=O)OC(C)(C)C)CC2)cc1. The van der Waals surface area contributed by atoms with Crippen LogP contribution in [0.3, 0.4) is 0 Å². The molecule has 6 heteroatoms. The second kappa shape index (κ2) is 7.33. The average Bonchev–Trinajstić information content (AvgIpc) is 3.27. The van der Waals surface area contributed by atoms with Crippen molar-refractivity contribution in [2.75, 3.05) is 10.6 Å². The van der Waals surface area contributed by atoms with Crippen LogP contribution in [0.2, 0.25) is 0 Å². The molecule has 1 aliphatic rings. The number of carbonyl (C=O) groups excluding carboxylic acids is 2. The van der Waals surface area contributed by atoms with Gasteiger partial charge in [0.2, 0.25) is 5.91 Å². The van der Waals surface area contributed by atoms with Crippen LogP contribution in [-0.4, -0.2) is 29.2 Å². The van der Waals surface area contributed by atoms with Gasteiger partial charge in [-0.15, -0.1) is 0 Å². The van der Waals surface area contributed by atoms with Crippen molar-refractivity contribution in [1.29, 1.82) is 0 Å². The minimum Gasteiger partial charge on any atom is -0.444 e. The Kier molecular flexibility index (Phi) is 5.60. The van der Waals surface area contributed by atoms with Crippen LogP contribution >= 0.6 is 0 Å². The number of anilines is 2. The van der Waals surface area contributed by atoms with Gasteiger partial charge in [0.15, 0.2) is 0 Å². The molecule has 1 atom stereocenters. The molecule has 0 aliphatic heterocycles. The average molecular weight is 347 g/mol. The molecule has 25 heavy (non-hydrogen) atoms. The summed E-state index contributed by atoms with van der Waals surface area (Å²) in [5.74, 6) is -0.00688. The molecule has 0 aromatic heterocycles. The molecule has 1 aromatic carbocycles. The Hall–Kier alpha value is -2.24. The summed E-state index contributed by atoms with van der Waals surface area (Å²) >= 11 is 0. The van der Waals surface area contributed by atoms with Gasteiger partial charge in [-0.2, -0.15) is 0 Å². The zero-order valence-corrected chi connectivity index (χ0v) is 15.7. The molecule has 0 bridgehead atoms. The molecule has 2 rings (SSSR count). The van der Waals surface area contributed by atoms with Crippen LogP contribution in [0.1, 0.15) is 53.9 Å². The van der Waals surface area contributed by atoms with Gasteiger partial charge in [0.05, 0.1) is 5.54 Å². The van der Waals surface area contributed by atoms with E-state index in [0.717, 1.165) is 24.2 Å². The lowest BCUT2D eigenvalue weighted by molar-refractivity contribution is -0.115. The number of hydrogen-bond donors (Lipinski definition) is 3. The van der Waals surface area contributed by atoms with Crippen molar-refractivity contribution in [2.24, 2.45) is 0 Å². The second-order valence-electron chi connectivity index (χ2n) is 7.63. The lowest BCUT2D eigenvalue weighted by Gasteiger charge is -2.28. The summed E-state index contributed by atoms with van der Waals surface area (Å²) in [6, 6.07) is 7.64. The van der Waals surface area contributed by atoms with Gasteiger partial charge in [-0.1, -0.05) is 6.92 Å². The van der Waals surface area contributed by atoms with E-state index in [1.807, 2.05) is 52.0 Å². The third kappa shape index (κ3) is 5.66. The van der Waals surface area contributed by atoms with Crippen molar-refractivity contribution < 1.29 is 14.3 Å². The van der Waals surface area contributed by atoms with Crippen molar-refractivity contribution in [1.82, 2.24) is 5.32 Å². The number of alkyl carbamates (subject to hydrolysis) is 1. The number of rotatable bonds is 6. The van der Waals surface area contributed by atoms with Crippen LogP contribution in [0, 0.1) is 0 Å². The molecular weight excluding hydrogens is 318 g/mol. The van der Waals surface area contributed by atoms with Gasteiger partial charge in [-0.3, -0.25) is 4.79 Å². The minimum atomic E-state index is -0.504.